The lowest BCUT2D eigenvalue weighted by atomic mass is 10.3. The van der Waals surface area contributed by atoms with Crippen molar-refractivity contribution in [1.82, 2.24) is 0 Å². The minimum Gasteiger partial charge on any atom is -0.495 e. The van der Waals surface area contributed by atoms with E-state index in [9.17, 15) is 8.42 Å². The first-order valence-electron chi connectivity index (χ1n) is 11.1. The SMILES string of the molecule is COc1ccc(S(=O)(=O)Nc2ccccc2OC)cc1NC(=S)Nc1ccc(Oc2ccccc2)cc1. The van der Waals surface area contributed by atoms with E-state index in [0.29, 0.717) is 28.6 Å². The van der Waals surface area contributed by atoms with E-state index < -0.39 is 10.0 Å². The predicted molar refractivity (Wildman–Crippen MR) is 150 cm³/mol. The number of sulfonamides is 1. The van der Waals surface area contributed by atoms with E-state index in [4.69, 9.17) is 26.4 Å². The van der Waals surface area contributed by atoms with Crippen molar-refractivity contribution in [2.24, 2.45) is 0 Å². The third-order valence-electron chi connectivity index (χ3n) is 5.17. The Morgan fingerprint density at radius 2 is 1.32 bits per heavy atom. The van der Waals surface area contributed by atoms with Crippen molar-refractivity contribution in [1.29, 1.82) is 0 Å². The summed E-state index contributed by atoms with van der Waals surface area (Å²) in [6.07, 6.45) is 0. The predicted octanol–water partition coefficient (Wildman–Crippen LogP) is 6.11. The fraction of sp³-hybridized carbons (Fsp3) is 0.0741. The summed E-state index contributed by atoms with van der Waals surface area (Å²) in [6.45, 7) is 0. The Labute approximate surface area is 221 Å². The van der Waals surface area contributed by atoms with Crippen LogP contribution in [-0.4, -0.2) is 27.7 Å². The molecule has 0 atom stereocenters. The highest BCUT2D eigenvalue weighted by Gasteiger charge is 2.19. The molecule has 4 aromatic rings. The summed E-state index contributed by atoms with van der Waals surface area (Å²) in [5.41, 5.74) is 1.43. The van der Waals surface area contributed by atoms with Gasteiger partial charge in [0.15, 0.2) is 5.11 Å². The average molecular weight is 536 g/mol. The molecule has 0 saturated heterocycles. The van der Waals surface area contributed by atoms with Crippen LogP contribution in [0.2, 0.25) is 0 Å². The van der Waals surface area contributed by atoms with E-state index in [1.807, 2.05) is 54.6 Å². The number of benzene rings is 4. The first kappa shape index (κ1) is 25.8. The minimum absolute atomic E-state index is 0.0203. The van der Waals surface area contributed by atoms with Crippen LogP contribution in [0.1, 0.15) is 0 Å². The van der Waals surface area contributed by atoms with Crippen LogP contribution in [0.3, 0.4) is 0 Å². The summed E-state index contributed by atoms with van der Waals surface area (Å²) >= 11 is 5.45. The normalized spacial score (nSPS) is 10.8. The van der Waals surface area contributed by atoms with Crippen molar-refractivity contribution in [3.05, 3.63) is 97.1 Å². The van der Waals surface area contributed by atoms with Gasteiger partial charge < -0.3 is 24.8 Å². The standard InChI is InChI=1S/C27H25N3O5S2/c1-33-25-11-7-6-10-23(25)30-37(31,32)22-16-17-26(34-2)24(18-22)29-27(36)28-19-12-14-21(15-13-19)35-20-8-4-3-5-9-20/h3-18,30H,1-2H3,(H2,28,29,36). The molecule has 0 unspecified atom stereocenters. The van der Waals surface area contributed by atoms with Gasteiger partial charge in [-0.05, 0) is 78.9 Å². The number of hydrogen-bond acceptors (Lipinski definition) is 6. The Bertz CT molecular complexity index is 1480. The zero-order chi connectivity index (χ0) is 26.3. The van der Waals surface area contributed by atoms with Crippen molar-refractivity contribution in [3.63, 3.8) is 0 Å². The number of para-hydroxylation sites is 3. The Kier molecular flexibility index (Phi) is 8.11. The van der Waals surface area contributed by atoms with Crippen LogP contribution in [0.15, 0.2) is 102 Å². The molecule has 0 aliphatic rings. The van der Waals surface area contributed by atoms with E-state index in [0.717, 1.165) is 11.4 Å². The Morgan fingerprint density at radius 1 is 0.703 bits per heavy atom. The van der Waals surface area contributed by atoms with Gasteiger partial charge in [-0.3, -0.25) is 4.72 Å². The van der Waals surface area contributed by atoms with Crippen molar-refractivity contribution in [2.75, 3.05) is 29.6 Å². The highest BCUT2D eigenvalue weighted by Crippen LogP contribution is 2.31. The molecule has 3 N–H and O–H groups in total. The Hall–Kier alpha value is -4.28. The quantitative estimate of drug-likeness (QED) is 0.221. The third kappa shape index (κ3) is 6.69. The summed E-state index contributed by atoms with van der Waals surface area (Å²) in [7, 11) is -0.960. The maximum atomic E-state index is 13.1. The lowest BCUT2D eigenvalue weighted by molar-refractivity contribution is 0.416. The molecule has 0 aromatic heterocycles. The van der Waals surface area contributed by atoms with Gasteiger partial charge in [0.2, 0.25) is 0 Å². The molecule has 0 saturated carbocycles. The largest absolute Gasteiger partial charge is 0.495 e. The number of rotatable bonds is 9. The highest BCUT2D eigenvalue weighted by atomic mass is 32.2. The highest BCUT2D eigenvalue weighted by molar-refractivity contribution is 7.92. The zero-order valence-corrected chi connectivity index (χ0v) is 21.7. The molecule has 190 valence electrons. The molecule has 0 bridgehead atoms. The van der Waals surface area contributed by atoms with Gasteiger partial charge in [0.25, 0.3) is 10.0 Å². The molecule has 4 rings (SSSR count). The molecular formula is C27H25N3O5S2. The second-order valence-corrected chi connectivity index (χ2v) is 9.78. The number of nitrogens with one attached hydrogen (secondary N) is 3. The average Bonchev–Trinajstić information content (AvgIpc) is 2.90. The maximum absolute atomic E-state index is 13.1. The molecule has 0 aliphatic heterocycles. The van der Waals surface area contributed by atoms with E-state index >= 15 is 0 Å². The Balaban J connectivity index is 1.46. The van der Waals surface area contributed by atoms with Gasteiger partial charge in [-0.2, -0.15) is 0 Å². The Morgan fingerprint density at radius 3 is 2.03 bits per heavy atom. The lowest BCUT2D eigenvalue weighted by Crippen LogP contribution is -2.20. The summed E-state index contributed by atoms with van der Waals surface area (Å²) < 4.78 is 45.1. The lowest BCUT2D eigenvalue weighted by Gasteiger charge is -2.16. The van der Waals surface area contributed by atoms with E-state index in [-0.39, 0.29) is 10.0 Å². The second kappa shape index (κ2) is 11.6. The van der Waals surface area contributed by atoms with Crippen LogP contribution >= 0.6 is 12.2 Å². The molecule has 0 spiro atoms. The second-order valence-electron chi connectivity index (χ2n) is 7.69. The van der Waals surface area contributed by atoms with Crippen molar-refractivity contribution in [3.8, 4) is 23.0 Å². The molecule has 8 nitrogen and oxygen atoms in total. The summed E-state index contributed by atoms with van der Waals surface area (Å²) in [4.78, 5) is 0.0203. The van der Waals surface area contributed by atoms with E-state index in [2.05, 4.69) is 15.4 Å². The smallest absolute Gasteiger partial charge is 0.262 e. The first-order chi connectivity index (χ1) is 17.9. The van der Waals surface area contributed by atoms with Crippen LogP contribution in [0.5, 0.6) is 23.0 Å². The molecular weight excluding hydrogens is 510 g/mol. The van der Waals surface area contributed by atoms with Crippen LogP contribution < -0.4 is 29.6 Å². The van der Waals surface area contributed by atoms with Crippen molar-refractivity contribution in [2.45, 2.75) is 4.90 Å². The first-order valence-corrected chi connectivity index (χ1v) is 13.0. The number of ether oxygens (including phenoxy) is 3. The van der Waals surface area contributed by atoms with Gasteiger partial charge in [0, 0.05) is 5.69 Å². The van der Waals surface area contributed by atoms with Gasteiger partial charge >= 0.3 is 0 Å². The van der Waals surface area contributed by atoms with E-state index in [1.165, 1.54) is 26.4 Å². The summed E-state index contributed by atoms with van der Waals surface area (Å²) in [6, 6.07) is 27.9. The topological polar surface area (TPSA) is 97.9 Å². The molecule has 0 amide bonds. The molecule has 0 radical (unpaired) electrons. The maximum Gasteiger partial charge on any atom is 0.262 e. The number of hydrogen-bond donors (Lipinski definition) is 3. The van der Waals surface area contributed by atoms with Crippen molar-refractivity contribution >= 4 is 44.4 Å². The van der Waals surface area contributed by atoms with Gasteiger partial charge in [-0.25, -0.2) is 8.42 Å². The fourth-order valence-electron chi connectivity index (χ4n) is 3.40. The summed E-state index contributed by atoms with van der Waals surface area (Å²) in [5, 5.41) is 6.34. The van der Waals surface area contributed by atoms with Crippen LogP contribution in [0.25, 0.3) is 0 Å². The van der Waals surface area contributed by atoms with Crippen molar-refractivity contribution < 1.29 is 22.6 Å². The van der Waals surface area contributed by atoms with Gasteiger partial charge in [0.05, 0.1) is 30.5 Å². The molecule has 0 aliphatic carbocycles. The molecule has 0 heterocycles. The minimum atomic E-state index is -3.92. The molecule has 37 heavy (non-hydrogen) atoms. The van der Waals surface area contributed by atoms with E-state index in [1.54, 1.807) is 30.3 Å². The molecule has 0 fully saturated rings. The third-order valence-corrected chi connectivity index (χ3v) is 6.74. The van der Waals surface area contributed by atoms with Gasteiger partial charge in [0.1, 0.15) is 23.0 Å². The van der Waals surface area contributed by atoms with Crippen LogP contribution in [-0.2, 0) is 10.0 Å². The van der Waals surface area contributed by atoms with Crippen LogP contribution in [0, 0.1) is 0 Å². The molecule has 4 aromatic carbocycles. The summed E-state index contributed by atoms with van der Waals surface area (Å²) in [5.74, 6) is 2.25. The molecule has 10 heteroatoms. The number of thiocarbonyl (C=S) groups is 1. The van der Waals surface area contributed by atoms with Gasteiger partial charge in [-0.15, -0.1) is 0 Å². The fourth-order valence-corrected chi connectivity index (χ4v) is 4.72. The monoisotopic (exact) mass is 535 g/mol. The zero-order valence-electron chi connectivity index (χ0n) is 20.1. The number of methoxy groups -OCH3 is 2. The van der Waals surface area contributed by atoms with Crippen LogP contribution in [0.4, 0.5) is 17.1 Å². The van der Waals surface area contributed by atoms with Gasteiger partial charge in [-0.1, -0.05) is 30.3 Å². The number of anilines is 3.